The van der Waals surface area contributed by atoms with Crippen LogP contribution in [0.2, 0.25) is 0 Å². The van der Waals surface area contributed by atoms with Crippen LogP contribution < -0.4 is 14.8 Å². The highest BCUT2D eigenvalue weighted by atomic mass is 19.1. The predicted octanol–water partition coefficient (Wildman–Crippen LogP) is 4.21. The predicted molar refractivity (Wildman–Crippen MR) is 101 cm³/mol. The van der Waals surface area contributed by atoms with Gasteiger partial charge in [0.05, 0.1) is 6.04 Å². The number of nitrogens with one attached hydrogen (secondary N) is 2. The molecule has 0 unspecified atom stereocenters. The van der Waals surface area contributed by atoms with Gasteiger partial charge < -0.3 is 19.8 Å². The molecule has 5 nitrogen and oxygen atoms in total. The molecular formula is C21H21FN2O3. The summed E-state index contributed by atoms with van der Waals surface area (Å²) in [5.74, 6) is 0.920. The third-order valence-corrected chi connectivity index (χ3v) is 4.73. The van der Waals surface area contributed by atoms with Gasteiger partial charge in [-0.2, -0.15) is 0 Å². The van der Waals surface area contributed by atoms with Gasteiger partial charge in [0, 0.05) is 10.9 Å². The summed E-state index contributed by atoms with van der Waals surface area (Å²) >= 11 is 0. The number of halogens is 1. The minimum absolute atomic E-state index is 0.151. The van der Waals surface area contributed by atoms with Crippen LogP contribution in [0.4, 0.5) is 4.39 Å². The monoisotopic (exact) mass is 368 g/mol. The summed E-state index contributed by atoms with van der Waals surface area (Å²) in [4.78, 5) is 15.8. The van der Waals surface area contributed by atoms with Crippen molar-refractivity contribution < 1.29 is 18.7 Å². The molecule has 27 heavy (non-hydrogen) atoms. The van der Waals surface area contributed by atoms with Crippen molar-refractivity contribution in [3.05, 3.63) is 59.5 Å². The van der Waals surface area contributed by atoms with E-state index in [0.29, 0.717) is 41.3 Å². The smallest absolute Gasteiger partial charge is 0.268 e. The average molecular weight is 368 g/mol. The van der Waals surface area contributed by atoms with Crippen molar-refractivity contribution in [2.45, 2.75) is 19.9 Å². The van der Waals surface area contributed by atoms with Crippen LogP contribution in [-0.4, -0.2) is 24.1 Å². The fourth-order valence-corrected chi connectivity index (χ4v) is 3.35. The van der Waals surface area contributed by atoms with E-state index in [9.17, 15) is 9.18 Å². The van der Waals surface area contributed by atoms with Crippen LogP contribution in [0.15, 0.2) is 42.5 Å². The van der Waals surface area contributed by atoms with Gasteiger partial charge in [0.1, 0.15) is 24.7 Å². The fraction of sp³-hybridized carbons (Fsp3) is 0.286. The van der Waals surface area contributed by atoms with E-state index in [2.05, 4.69) is 10.3 Å². The molecule has 3 aromatic rings. The molecule has 1 aliphatic heterocycles. The van der Waals surface area contributed by atoms with Crippen LogP contribution in [0.1, 0.15) is 35.9 Å². The Morgan fingerprint density at radius 3 is 2.63 bits per heavy atom. The van der Waals surface area contributed by atoms with Gasteiger partial charge in [0.2, 0.25) is 0 Å². The zero-order valence-electron chi connectivity index (χ0n) is 15.2. The van der Waals surface area contributed by atoms with Gasteiger partial charge in [0.15, 0.2) is 11.5 Å². The number of carbonyl (C=O) groups is 1. The van der Waals surface area contributed by atoms with E-state index in [1.807, 2.05) is 32.0 Å². The average Bonchev–Trinajstić information content (AvgIpc) is 3.11. The van der Waals surface area contributed by atoms with Crippen LogP contribution in [0.25, 0.3) is 10.9 Å². The Morgan fingerprint density at radius 2 is 1.89 bits per heavy atom. The number of amides is 1. The van der Waals surface area contributed by atoms with E-state index >= 15 is 0 Å². The second kappa shape index (κ2) is 6.95. The molecule has 0 spiro atoms. The van der Waals surface area contributed by atoms with E-state index in [1.165, 1.54) is 6.07 Å². The Hall–Kier alpha value is -3.02. The summed E-state index contributed by atoms with van der Waals surface area (Å²) in [6, 6.07) is 11.8. The Bertz CT molecular complexity index is 996. The lowest BCUT2D eigenvalue weighted by Crippen LogP contribution is -2.32. The summed E-state index contributed by atoms with van der Waals surface area (Å²) in [6.45, 7) is 5.11. The molecule has 0 saturated carbocycles. The summed E-state index contributed by atoms with van der Waals surface area (Å²) < 4.78 is 25.1. The largest absolute Gasteiger partial charge is 0.486 e. The second-order valence-electron chi connectivity index (χ2n) is 6.98. The first-order valence-electron chi connectivity index (χ1n) is 9.00. The number of rotatable bonds is 4. The number of aromatic nitrogens is 1. The Morgan fingerprint density at radius 1 is 1.11 bits per heavy atom. The molecule has 1 atom stereocenters. The number of hydrogen-bond donors (Lipinski definition) is 2. The number of benzene rings is 2. The van der Waals surface area contributed by atoms with Gasteiger partial charge in [-0.05, 0) is 41.8 Å². The van der Waals surface area contributed by atoms with Gasteiger partial charge >= 0.3 is 0 Å². The van der Waals surface area contributed by atoms with Crippen LogP contribution in [0.3, 0.4) is 0 Å². The van der Waals surface area contributed by atoms with E-state index in [0.717, 1.165) is 5.56 Å². The fourth-order valence-electron chi connectivity index (χ4n) is 3.35. The number of carbonyl (C=O) groups excluding carboxylic acids is 1. The zero-order valence-corrected chi connectivity index (χ0v) is 15.2. The molecule has 1 amide bonds. The lowest BCUT2D eigenvalue weighted by atomic mass is 9.95. The first-order chi connectivity index (χ1) is 13.0. The highest BCUT2D eigenvalue weighted by molar-refractivity contribution is 5.98. The highest BCUT2D eigenvalue weighted by Crippen LogP contribution is 2.34. The number of hydrogen-bond acceptors (Lipinski definition) is 3. The van der Waals surface area contributed by atoms with E-state index < -0.39 is 0 Å². The molecule has 0 saturated heterocycles. The van der Waals surface area contributed by atoms with Crippen molar-refractivity contribution >= 4 is 16.8 Å². The molecule has 0 aliphatic carbocycles. The van der Waals surface area contributed by atoms with Gasteiger partial charge in [-0.1, -0.05) is 26.0 Å². The Kier molecular flexibility index (Phi) is 4.48. The molecule has 2 heterocycles. The summed E-state index contributed by atoms with van der Waals surface area (Å²) in [6.07, 6.45) is 0. The highest BCUT2D eigenvalue weighted by Gasteiger charge is 2.23. The summed E-state index contributed by atoms with van der Waals surface area (Å²) in [5, 5.41) is 3.45. The molecule has 0 bridgehead atoms. The van der Waals surface area contributed by atoms with Gasteiger partial charge in [-0.15, -0.1) is 0 Å². The molecule has 140 valence electrons. The summed E-state index contributed by atoms with van der Waals surface area (Å²) in [7, 11) is 0. The molecule has 4 rings (SSSR count). The van der Waals surface area contributed by atoms with Crippen LogP contribution in [-0.2, 0) is 0 Å². The van der Waals surface area contributed by atoms with Gasteiger partial charge in [-0.25, -0.2) is 4.39 Å². The molecule has 6 heteroatoms. The number of ether oxygens (including phenoxy) is 2. The van der Waals surface area contributed by atoms with Crippen LogP contribution in [0.5, 0.6) is 11.5 Å². The maximum absolute atomic E-state index is 13.9. The summed E-state index contributed by atoms with van der Waals surface area (Å²) in [5.41, 5.74) is 1.86. The van der Waals surface area contributed by atoms with Crippen molar-refractivity contribution in [2.75, 3.05) is 13.2 Å². The minimum atomic E-state index is -0.352. The number of H-pyrrole nitrogens is 1. The topological polar surface area (TPSA) is 63.4 Å². The van der Waals surface area contributed by atoms with Gasteiger partial charge in [-0.3, -0.25) is 4.79 Å². The third kappa shape index (κ3) is 3.35. The third-order valence-electron chi connectivity index (χ3n) is 4.73. The first kappa shape index (κ1) is 17.4. The normalized spacial score (nSPS) is 14.4. The molecule has 1 aromatic heterocycles. The zero-order chi connectivity index (χ0) is 19.0. The van der Waals surface area contributed by atoms with Crippen molar-refractivity contribution in [1.82, 2.24) is 10.3 Å². The molecule has 0 fully saturated rings. The van der Waals surface area contributed by atoms with E-state index in [-0.39, 0.29) is 23.7 Å². The quantitative estimate of drug-likeness (QED) is 0.725. The van der Waals surface area contributed by atoms with Crippen LogP contribution >= 0.6 is 0 Å². The SMILES string of the molecule is CC(C)[C@H](NC(=O)c1cc2c(F)cccc2[nH]1)c1ccc2c(c1)OCCO2. The molecule has 1 aliphatic rings. The number of fused-ring (bicyclic) bond motifs is 2. The Labute approximate surface area is 156 Å². The maximum Gasteiger partial charge on any atom is 0.268 e. The van der Waals surface area contributed by atoms with Gasteiger partial charge in [0.25, 0.3) is 5.91 Å². The van der Waals surface area contributed by atoms with Crippen molar-refractivity contribution in [2.24, 2.45) is 5.92 Å². The lowest BCUT2D eigenvalue weighted by Gasteiger charge is -2.25. The molecule has 2 aromatic carbocycles. The lowest BCUT2D eigenvalue weighted by molar-refractivity contribution is 0.0921. The molecular weight excluding hydrogens is 347 g/mol. The second-order valence-corrected chi connectivity index (χ2v) is 6.98. The first-order valence-corrected chi connectivity index (χ1v) is 9.00. The number of aromatic amines is 1. The standard InChI is InChI=1S/C21H21FN2O3/c1-12(2)20(13-6-7-18-19(10-13)27-9-8-26-18)24-21(25)17-11-14-15(22)4-3-5-16(14)23-17/h3-7,10-12,20,23H,8-9H2,1-2H3,(H,24,25)/t20-/m0/s1. The van der Waals surface area contributed by atoms with E-state index in [4.69, 9.17) is 9.47 Å². The van der Waals surface area contributed by atoms with Crippen molar-refractivity contribution in [3.8, 4) is 11.5 Å². The Balaban J connectivity index is 1.61. The molecule has 2 N–H and O–H groups in total. The van der Waals surface area contributed by atoms with E-state index in [1.54, 1.807) is 18.2 Å². The minimum Gasteiger partial charge on any atom is -0.486 e. The van der Waals surface area contributed by atoms with Crippen molar-refractivity contribution in [1.29, 1.82) is 0 Å². The molecule has 0 radical (unpaired) electrons. The van der Waals surface area contributed by atoms with Crippen molar-refractivity contribution in [3.63, 3.8) is 0 Å². The maximum atomic E-state index is 13.9. The van der Waals surface area contributed by atoms with Crippen LogP contribution in [0, 0.1) is 11.7 Å².